The predicted octanol–water partition coefficient (Wildman–Crippen LogP) is 5.83. The molecule has 0 unspecified atom stereocenters. The van der Waals surface area contributed by atoms with Crippen molar-refractivity contribution in [3.05, 3.63) is 58.1 Å². The number of rotatable bonds is 6. The Morgan fingerprint density at radius 3 is 2.52 bits per heavy atom. The highest BCUT2D eigenvalue weighted by atomic mass is 79.9. The average molecular weight is 487 g/mol. The van der Waals surface area contributed by atoms with Crippen molar-refractivity contribution in [3.8, 4) is 5.75 Å². The monoisotopic (exact) mass is 486 g/mol. The second kappa shape index (κ2) is 10.3. The number of benzene rings is 2. The third-order valence-corrected chi connectivity index (χ3v) is 5.95. The molecule has 3 rings (SSSR count). The number of halogens is 1. The second-order valence-corrected chi connectivity index (χ2v) is 10.0. The highest BCUT2D eigenvalue weighted by Crippen LogP contribution is 2.33. The van der Waals surface area contributed by atoms with Gasteiger partial charge in [0.1, 0.15) is 5.75 Å². The van der Waals surface area contributed by atoms with Crippen LogP contribution in [0.15, 0.2) is 46.9 Å². The maximum absolute atomic E-state index is 12.6. The van der Waals surface area contributed by atoms with Crippen LogP contribution < -0.4 is 15.4 Å². The molecule has 0 saturated heterocycles. The van der Waals surface area contributed by atoms with E-state index in [4.69, 9.17) is 4.74 Å². The molecule has 6 heteroatoms. The van der Waals surface area contributed by atoms with E-state index in [9.17, 15) is 9.59 Å². The number of carbonyl (C=O) groups is 2. The number of hydrogen-bond donors (Lipinski definition) is 2. The van der Waals surface area contributed by atoms with E-state index in [1.165, 1.54) is 6.42 Å². The molecule has 166 valence electrons. The first-order valence-corrected chi connectivity index (χ1v) is 11.7. The van der Waals surface area contributed by atoms with Gasteiger partial charge in [-0.15, -0.1) is 0 Å². The van der Waals surface area contributed by atoms with Gasteiger partial charge in [-0.2, -0.15) is 0 Å². The van der Waals surface area contributed by atoms with E-state index in [2.05, 4.69) is 47.3 Å². The Morgan fingerprint density at radius 2 is 1.81 bits per heavy atom. The number of anilines is 1. The normalized spacial score (nSPS) is 14.7. The van der Waals surface area contributed by atoms with Crippen LogP contribution in [0.2, 0.25) is 0 Å². The van der Waals surface area contributed by atoms with E-state index in [1.54, 1.807) is 24.3 Å². The van der Waals surface area contributed by atoms with E-state index in [0.29, 0.717) is 17.0 Å². The Balaban J connectivity index is 1.59. The van der Waals surface area contributed by atoms with Gasteiger partial charge in [0.05, 0.1) is 0 Å². The predicted molar refractivity (Wildman–Crippen MR) is 128 cm³/mol. The quantitative estimate of drug-likeness (QED) is 0.539. The van der Waals surface area contributed by atoms with Gasteiger partial charge < -0.3 is 15.4 Å². The molecule has 0 aliphatic heterocycles. The van der Waals surface area contributed by atoms with Gasteiger partial charge in [0.2, 0.25) is 0 Å². The van der Waals surface area contributed by atoms with Crippen molar-refractivity contribution >= 4 is 33.4 Å². The van der Waals surface area contributed by atoms with E-state index >= 15 is 0 Å². The summed E-state index contributed by atoms with van der Waals surface area (Å²) in [7, 11) is 0. The second-order valence-electron chi connectivity index (χ2n) is 9.12. The van der Waals surface area contributed by atoms with Gasteiger partial charge in [-0.1, -0.05) is 62.0 Å². The summed E-state index contributed by atoms with van der Waals surface area (Å²) in [6.07, 6.45) is 5.64. The Kier molecular flexibility index (Phi) is 7.76. The smallest absolute Gasteiger partial charge is 0.262 e. The van der Waals surface area contributed by atoms with Crippen molar-refractivity contribution in [3.63, 3.8) is 0 Å². The summed E-state index contributed by atoms with van der Waals surface area (Å²) in [5.74, 6) is 0.322. The minimum atomic E-state index is -0.271. The van der Waals surface area contributed by atoms with Gasteiger partial charge in [0.15, 0.2) is 6.61 Å². The SMILES string of the molecule is CC(C)(C)c1cc(Br)ccc1OCC(=O)Nc1cccc(C(=O)NC2CCCCC2)c1. The maximum Gasteiger partial charge on any atom is 0.262 e. The van der Waals surface area contributed by atoms with Crippen molar-refractivity contribution in [2.24, 2.45) is 0 Å². The molecule has 2 aromatic carbocycles. The number of nitrogens with one attached hydrogen (secondary N) is 2. The summed E-state index contributed by atoms with van der Waals surface area (Å²) in [5.41, 5.74) is 2.04. The van der Waals surface area contributed by atoms with Crippen LogP contribution in [-0.2, 0) is 10.2 Å². The molecule has 31 heavy (non-hydrogen) atoms. The molecule has 0 bridgehead atoms. The average Bonchev–Trinajstić information content (AvgIpc) is 2.73. The summed E-state index contributed by atoms with van der Waals surface area (Å²) in [5, 5.41) is 5.93. The van der Waals surface area contributed by atoms with Gasteiger partial charge in [-0.05, 0) is 54.7 Å². The number of amides is 2. The first-order chi connectivity index (χ1) is 14.7. The Labute approximate surface area is 193 Å². The lowest BCUT2D eigenvalue weighted by atomic mass is 9.86. The summed E-state index contributed by atoms with van der Waals surface area (Å²) in [6, 6.07) is 13.1. The maximum atomic E-state index is 12.6. The van der Waals surface area contributed by atoms with Crippen LogP contribution in [-0.4, -0.2) is 24.5 Å². The van der Waals surface area contributed by atoms with Gasteiger partial charge in [0, 0.05) is 27.3 Å². The molecule has 2 aromatic rings. The van der Waals surface area contributed by atoms with Crippen molar-refractivity contribution < 1.29 is 14.3 Å². The number of ether oxygens (including phenoxy) is 1. The third kappa shape index (κ3) is 6.82. The lowest BCUT2D eigenvalue weighted by Crippen LogP contribution is -2.36. The van der Waals surface area contributed by atoms with Crippen LogP contribution in [0, 0.1) is 0 Å². The molecule has 2 N–H and O–H groups in total. The molecule has 1 saturated carbocycles. The fraction of sp³-hybridized carbons (Fsp3) is 0.440. The third-order valence-electron chi connectivity index (χ3n) is 5.46. The highest BCUT2D eigenvalue weighted by Gasteiger charge is 2.20. The minimum Gasteiger partial charge on any atom is -0.483 e. The zero-order valence-corrected chi connectivity index (χ0v) is 20.1. The van der Waals surface area contributed by atoms with E-state index in [-0.39, 0.29) is 29.9 Å². The van der Waals surface area contributed by atoms with Crippen LogP contribution in [0.5, 0.6) is 5.75 Å². The molecule has 0 heterocycles. The van der Waals surface area contributed by atoms with Gasteiger partial charge in [-0.25, -0.2) is 0 Å². The molecule has 5 nitrogen and oxygen atoms in total. The molecular weight excluding hydrogens is 456 g/mol. The molecule has 0 atom stereocenters. The molecule has 0 radical (unpaired) electrons. The first-order valence-electron chi connectivity index (χ1n) is 10.9. The van der Waals surface area contributed by atoms with Crippen LogP contribution in [0.25, 0.3) is 0 Å². The van der Waals surface area contributed by atoms with Crippen molar-refractivity contribution in [2.45, 2.75) is 64.3 Å². The number of carbonyl (C=O) groups excluding carboxylic acids is 2. The largest absolute Gasteiger partial charge is 0.483 e. The fourth-order valence-corrected chi connectivity index (χ4v) is 4.17. The van der Waals surface area contributed by atoms with Crippen molar-refractivity contribution in [2.75, 3.05) is 11.9 Å². The van der Waals surface area contributed by atoms with Crippen LogP contribution in [0.3, 0.4) is 0 Å². The zero-order chi connectivity index (χ0) is 22.4. The lowest BCUT2D eigenvalue weighted by molar-refractivity contribution is -0.118. The Bertz CT molecular complexity index is 931. The van der Waals surface area contributed by atoms with Crippen LogP contribution >= 0.6 is 15.9 Å². The van der Waals surface area contributed by atoms with Crippen molar-refractivity contribution in [1.82, 2.24) is 5.32 Å². The Morgan fingerprint density at radius 1 is 1.06 bits per heavy atom. The molecule has 1 aliphatic rings. The summed E-state index contributed by atoms with van der Waals surface area (Å²) < 4.78 is 6.79. The fourth-order valence-electron chi connectivity index (χ4n) is 3.81. The van der Waals surface area contributed by atoms with Gasteiger partial charge >= 0.3 is 0 Å². The minimum absolute atomic E-state index is 0.0936. The molecule has 2 amide bonds. The lowest BCUT2D eigenvalue weighted by Gasteiger charge is -2.23. The van der Waals surface area contributed by atoms with Crippen LogP contribution in [0.1, 0.15) is 68.8 Å². The molecule has 1 fully saturated rings. The topological polar surface area (TPSA) is 67.4 Å². The first kappa shape index (κ1) is 23.3. The van der Waals surface area contributed by atoms with Crippen LogP contribution in [0.4, 0.5) is 5.69 Å². The highest BCUT2D eigenvalue weighted by molar-refractivity contribution is 9.10. The van der Waals surface area contributed by atoms with E-state index < -0.39 is 0 Å². The Hall–Kier alpha value is -2.34. The van der Waals surface area contributed by atoms with Crippen molar-refractivity contribution in [1.29, 1.82) is 0 Å². The standard InChI is InChI=1S/C25H31BrN2O3/c1-25(2,3)21-15-18(26)12-13-22(21)31-16-23(29)27-20-11-7-8-17(14-20)24(30)28-19-9-5-4-6-10-19/h7-8,11-15,19H,4-6,9-10,16H2,1-3H3,(H,27,29)(H,28,30). The van der Waals surface area contributed by atoms with Gasteiger partial charge in [-0.3, -0.25) is 9.59 Å². The molecular formula is C25H31BrN2O3. The summed E-state index contributed by atoms with van der Waals surface area (Å²) in [4.78, 5) is 25.0. The molecule has 0 spiro atoms. The molecule has 1 aliphatic carbocycles. The van der Waals surface area contributed by atoms with E-state index in [1.807, 2.05) is 18.2 Å². The summed E-state index contributed by atoms with van der Waals surface area (Å²) >= 11 is 3.50. The molecule has 0 aromatic heterocycles. The summed E-state index contributed by atoms with van der Waals surface area (Å²) in [6.45, 7) is 6.20. The van der Waals surface area contributed by atoms with Gasteiger partial charge in [0.25, 0.3) is 11.8 Å². The zero-order valence-electron chi connectivity index (χ0n) is 18.5. The number of hydrogen-bond acceptors (Lipinski definition) is 3. The van der Waals surface area contributed by atoms with E-state index in [0.717, 1.165) is 35.7 Å².